The fourth-order valence-electron chi connectivity index (χ4n) is 8.42. The van der Waals surface area contributed by atoms with Gasteiger partial charge in [-0.25, -0.2) is 4.98 Å². The monoisotopic (exact) mass is 904 g/mol. The molecular formula is C48H35N7Pt. The molecule has 10 aromatic rings. The standard InChI is InChI=1S/C48H35N7.Pt/c1-29-14-7-8-17-34(29)45-51-52-46-38-26-33(27-39(49-6)43(38)37-19-10-12-21-41(37)55(45)46)48(4,5)32-22-23-36-35-18-9-11-20-40(35)54(42(36)28-32)47-50-24-25-53(47)44-30(2)15-13-16-31(44)3;/h7-25,27H,1-5H3;/q-2;+2. The summed E-state index contributed by atoms with van der Waals surface area (Å²) in [5.74, 6) is 1.56. The zero-order valence-electron chi connectivity index (χ0n) is 31.5. The molecule has 4 heterocycles. The Bertz CT molecular complexity index is 3230. The third kappa shape index (κ3) is 5.10. The summed E-state index contributed by atoms with van der Waals surface area (Å²) < 4.78 is 6.53. The van der Waals surface area contributed by atoms with Gasteiger partial charge in [0.1, 0.15) is 5.69 Å². The van der Waals surface area contributed by atoms with Gasteiger partial charge >= 0.3 is 21.1 Å². The van der Waals surface area contributed by atoms with E-state index in [1.54, 1.807) is 0 Å². The van der Waals surface area contributed by atoms with Crippen LogP contribution in [-0.2, 0) is 26.5 Å². The van der Waals surface area contributed by atoms with Gasteiger partial charge in [0.15, 0.2) is 5.82 Å². The number of aromatic nitrogens is 6. The minimum absolute atomic E-state index is 0. The van der Waals surface area contributed by atoms with E-state index in [2.05, 4.69) is 144 Å². The molecule has 0 aliphatic carbocycles. The third-order valence-electron chi connectivity index (χ3n) is 11.3. The number of aryl methyl sites for hydroxylation is 3. The molecule has 4 aromatic heterocycles. The topological polar surface area (TPSA) is 57.3 Å². The number of fused-ring (bicyclic) bond motifs is 9. The van der Waals surface area contributed by atoms with E-state index in [-0.39, 0.29) is 21.1 Å². The van der Waals surface area contributed by atoms with E-state index >= 15 is 0 Å². The Balaban J connectivity index is 0.00000410. The van der Waals surface area contributed by atoms with Crippen LogP contribution in [0.3, 0.4) is 0 Å². The van der Waals surface area contributed by atoms with Gasteiger partial charge < -0.3 is 8.97 Å². The Morgan fingerprint density at radius 2 is 1.39 bits per heavy atom. The minimum atomic E-state index is -0.605. The van der Waals surface area contributed by atoms with Crippen LogP contribution in [0.2, 0.25) is 0 Å². The molecule has 0 fully saturated rings. The number of benzene rings is 6. The van der Waals surface area contributed by atoms with Gasteiger partial charge in [-0.1, -0.05) is 104 Å². The van der Waals surface area contributed by atoms with Gasteiger partial charge in [-0.3, -0.25) is 9.41 Å². The third-order valence-corrected chi connectivity index (χ3v) is 11.3. The molecule has 0 amide bonds. The fourth-order valence-corrected chi connectivity index (χ4v) is 8.42. The number of hydrogen-bond acceptors (Lipinski definition) is 3. The normalized spacial score (nSPS) is 11.9. The number of nitrogens with zero attached hydrogens (tertiary/aromatic N) is 7. The van der Waals surface area contributed by atoms with Crippen molar-refractivity contribution in [2.24, 2.45) is 0 Å². The summed E-state index contributed by atoms with van der Waals surface area (Å²) in [5.41, 5.74) is 11.0. The summed E-state index contributed by atoms with van der Waals surface area (Å²) in [4.78, 5) is 9.09. The Morgan fingerprint density at radius 3 is 2.16 bits per heavy atom. The van der Waals surface area contributed by atoms with Gasteiger partial charge in [0.25, 0.3) is 0 Å². The van der Waals surface area contributed by atoms with Crippen LogP contribution >= 0.6 is 0 Å². The predicted octanol–water partition coefficient (Wildman–Crippen LogP) is 11.4. The molecule has 56 heavy (non-hydrogen) atoms. The van der Waals surface area contributed by atoms with E-state index < -0.39 is 5.41 Å². The molecule has 8 heteroatoms. The Labute approximate surface area is 339 Å². The molecule has 0 saturated carbocycles. The van der Waals surface area contributed by atoms with E-state index in [4.69, 9.17) is 21.8 Å². The van der Waals surface area contributed by atoms with Gasteiger partial charge in [-0.2, -0.15) is 28.9 Å². The zero-order valence-corrected chi connectivity index (χ0v) is 33.8. The first-order valence-corrected chi connectivity index (χ1v) is 18.4. The number of para-hydroxylation sites is 3. The molecule has 0 radical (unpaired) electrons. The van der Waals surface area contributed by atoms with Crippen molar-refractivity contribution in [2.45, 2.75) is 40.0 Å². The molecule has 272 valence electrons. The summed E-state index contributed by atoms with van der Waals surface area (Å²) in [6, 6.07) is 45.3. The molecule has 0 N–H and O–H groups in total. The molecule has 0 spiro atoms. The van der Waals surface area contributed by atoms with Crippen LogP contribution in [0.5, 0.6) is 0 Å². The van der Waals surface area contributed by atoms with Gasteiger partial charge in [0.2, 0.25) is 5.95 Å². The van der Waals surface area contributed by atoms with Crippen LogP contribution in [0.15, 0.2) is 122 Å². The maximum absolute atomic E-state index is 8.43. The second kappa shape index (κ2) is 13.1. The first-order chi connectivity index (χ1) is 26.8. The van der Waals surface area contributed by atoms with Gasteiger partial charge in [0.05, 0.1) is 17.9 Å². The first-order valence-electron chi connectivity index (χ1n) is 18.4. The van der Waals surface area contributed by atoms with Crippen molar-refractivity contribution in [3.05, 3.63) is 173 Å². The van der Waals surface area contributed by atoms with Crippen LogP contribution in [0.4, 0.5) is 5.69 Å². The molecule has 0 aliphatic heterocycles. The zero-order chi connectivity index (χ0) is 37.6. The number of pyridine rings is 1. The maximum Gasteiger partial charge on any atom is 2.00 e. The number of imidazole rings is 1. The molecule has 0 atom stereocenters. The van der Waals surface area contributed by atoms with E-state index in [0.29, 0.717) is 11.3 Å². The molecule has 0 aliphatic rings. The van der Waals surface area contributed by atoms with Crippen molar-refractivity contribution < 1.29 is 21.1 Å². The smallest absolute Gasteiger partial charge is 0.316 e. The van der Waals surface area contributed by atoms with Crippen LogP contribution in [0, 0.1) is 39.5 Å². The molecule has 0 saturated heterocycles. The summed E-state index contributed by atoms with van der Waals surface area (Å²) in [5, 5.41) is 14.3. The summed E-state index contributed by atoms with van der Waals surface area (Å²) in [7, 11) is 0. The van der Waals surface area contributed by atoms with Gasteiger partial charge in [0, 0.05) is 29.0 Å². The maximum atomic E-state index is 8.43. The summed E-state index contributed by atoms with van der Waals surface area (Å²) in [6.07, 6.45) is 3.90. The van der Waals surface area contributed by atoms with Crippen LogP contribution < -0.4 is 0 Å². The van der Waals surface area contributed by atoms with Crippen molar-refractivity contribution in [3.8, 4) is 23.0 Å². The molecule has 6 aromatic carbocycles. The molecule has 0 bridgehead atoms. The van der Waals surface area contributed by atoms with Crippen molar-refractivity contribution in [2.75, 3.05) is 0 Å². The van der Waals surface area contributed by atoms with E-state index in [0.717, 1.165) is 83.2 Å². The number of rotatable bonds is 5. The Hall–Kier alpha value is -6.35. The van der Waals surface area contributed by atoms with Crippen molar-refractivity contribution in [1.29, 1.82) is 0 Å². The number of hydrogen-bond donors (Lipinski definition) is 0. The van der Waals surface area contributed by atoms with Crippen molar-refractivity contribution in [3.63, 3.8) is 0 Å². The summed E-state index contributed by atoms with van der Waals surface area (Å²) in [6.45, 7) is 19.2. The van der Waals surface area contributed by atoms with Crippen LogP contribution in [0.1, 0.15) is 41.7 Å². The van der Waals surface area contributed by atoms with Crippen LogP contribution in [0.25, 0.3) is 77.0 Å². The first kappa shape index (κ1) is 35.4. The van der Waals surface area contributed by atoms with Crippen LogP contribution in [-0.4, -0.2) is 28.7 Å². The average molecular weight is 905 g/mol. The quantitative estimate of drug-likeness (QED) is 0.128. The van der Waals surface area contributed by atoms with E-state index in [1.165, 1.54) is 11.1 Å². The SMILES string of the molecule is [C-]#[N+]c1cc(C(C)(C)c2[c-]c3c(cc2)c2ccccc2n3-c2nccn2-c2c(C)cccc2C)[c-]c2c1c1ccccc1n1c(-c3ccccc3C)nnc21.[Pt+2]. The Morgan fingerprint density at radius 1 is 0.696 bits per heavy atom. The minimum Gasteiger partial charge on any atom is -0.316 e. The second-order valence-corrected chi connectivity index (χ2v) is 14.9. The average Bonchev–Trinajstić information content (AvgIpc) is 3.94. The van der Waals surface area contributed by atoms with Gasteiger partial charge in [-0.05, 0) is 65.8 Å². The predicted molar refractivity (Wildman–Crippen MR) is 222 cm³/mol. The largest absolute Gasteiger partial charge is 2.00 e. The molecule has 0 unspecified atom stereocenters. The second-order valence-electron chi connectivity index (χ2n) is 14.9. The molecule has 10 rings (SSSR count). The van der Waals surface area contributed by atoms with E-state index in [9.17, 15) is 0 Å². The molecular weight excluding hydrogens is 870 g/mol. The molecule has 7 nitrogen and oxygen atoms in total. The van der Waals surface area contributed by atoms with Crippen molar-refractivity contribution in [1.82, 2.24) is 28.7 Å². The van der Waals surface area contributed by atoms with Gasteiger partial charge in [-0.15, -0.1) is 33.6 Å². The van der Waals surface area contributed by atoms with E-state index in [1.807, 2.05) is 42.7 Å². The Kier molecular flexibility index (Phi) is 8.30. The van der Waals surface area contributed by atoms with Crippen molar-refractivity contribution >= 4 is 54.8 Å². The summed E-state index contributed by atoms with van der Waals surface area (Å²) >= 11 is 0. The fraction of sp³-hybridized carbons (Fsp3) is 0.125.